The van der Waals surface area contributed by atoms with Crippen molar-refractivity contribution in [3.63, 3.8) is 0 Å². The van der Waals surface area contributed by atoms with E-state index in [1.54, 1.807) is 23.7 Å². The van der Waals surface area contributed by atoms with Crippen LogP contribution in [-0.4, -0.2) is 11.2 Å². The topological polar surface area (TPSA) is 72.5 Å². The average molecular weight is 393 g/mol. The number of hydrogen-bond acceptors (Lipinski definition) is 6. The molecule has 1 heterocycles. The highest BCUT2D eigenvalue weighted by Crippen LogP contribution is 2.23. The molecule has 2 aromatic carbocycles. The summed E-state index contributed by atoms with van der Waals surface area (Å²) in [6.07, 6.45) is 1.68. The van der Waals surface area contributed by atoms with Gasteiger partial charge in [-0.2, -0.15) is 5.10 Å². The molecule has 0 saturated heterocycles. The van der Waals surface area contributed by atoms with Gasteiger partial charge in [0.25, 0.3) is 0 Å². The number of ether oxygens (including phenoxy) is 1. The molecule has 0 saturated carbocycles. The standard InChI is InChI=1S/C17H14Cl2N4OS/c18-14-5-4-12(7-15(14)19)9-24-13-3-1-2-11(6-13)8-21-23-17-22-16(20)10-25-17/h1-8,10H,9,20H2,(H,22,23). The van der Waals surface area contributed by atoms with Crippen LogP contribution in [-0.2, 0) is 6.61 Å². The van der Waals surface area contributed by atoms with E-state index in [1.807, 2.05) is 30.3 Å². The monoisotopic (exact) mass is 392 g/mol. The molecule has 8 heteroatoms. The molecule has 1 aromatic heterocycles. The predicted molar refractivity (Wildman–Crippen MR) is 105 cm³/mol. The summed E-state index contributed by atoms with van der Waals surface area (Å²) >= 11 is 13.3. The van der Waals surface area contributed by atoms with E-state index >= 15 is 0 Å². The zero-order chi connectivity index (χ0) is 17.6. The SMILES string of the molecule is Nc1csc(NN=Cc2cccc(OCc3ccc(Cl)c(Cl)c3)c2)n1. The van der Waals surface area contributed by atoms with Crippen LogP contribution in [0, 0.1) is 0 Å². The summed E-state index contributed by atoms with van der Waals surface area (Å²) in [6.45, 7) is 0.397. The maximum Gasteiger partial charge on any atom is 0.205 e. The molecule has 25 heavy (non-hydrogen) atoms. The largest absolute Gasteiger partial charge is 0.489 e. The number of anilines is 2. The number of hydrazone groups is 1. The molecule has 5 nitrogen and oxygen atoms in total. The van der Waals surface area contributed by atoms with E-state index in [9.17, 15) is 0 Å². The Bertz CT molecular complexity index is 898. The average Bonchev–Trinajstić information content (AvgIpc) is 3.02. The number of rotatable bonds is 6. The molecule has 3 N–H and O–H groups in total. The van der Waals surface area contributed by atoms with E-state index in [4.69, 9.17) is 33.7 Å². The molecule has 3 aromatic rings. The van der Waals surface area contributed by atoms with Crippen molar-refractivity contribution in [1.82, 2.24) is 4.98 Å². The Labute approximate surface area is 159 Å². The lowest BCUT2D eigenvalue weighted by atomic mass is 10.2. The van der Waals surface area contributed by atoms with Crippen LogP contribution in [0.1, 0.15) is 11.1 Å². The summed E-state index contributed by atoms with van der Waals surface area (Å²) in [4.78, 5) is 4.06. The Balaban J connectivity index is 1.59. The summed E-state index contributed by atoms with van der Waals surface area (Å²) in [6, 6.07) is 13.0. The van der Waals surface area contributed by atoms with Crippen molar-refractivity contribution < 1.29 is 4.74 Å². The first kappa shape index (κ1) is 17.5. The van der Waals surface area contributed by atoms with Gasteiger partial charge in [-0.3, -0.25) is 5.43 Å². The van der Waals surface area contributed by atoms with Crippen molar-refractivity contribution in [2.75, 3.05) is 11.2 Å². The number of nitrogens with two attached hydrogens (primary N) is 1. The number of nitrogens with one attached hydrogen (secondary N) is 1. The fraction of sp³-hybridized carbons (Fsp3) is 0.0588. The van der Waals surface area contributed by atoms with E-state index in [2.05, 4.69) is 15.5 Å². The van der Waals surface area contributed by atoms with E-state index < -0.39 is 0 Å². The third kappa shape index (κ3) is 5.09. The number of aromatic nitrogens is 1. The fourth-order valence-electron chi connectivity index (χ4n) is 1.98. The Morgan fingerprint density at radius 1 is 1.20 bits per heavy atom. The Hall–Kier alpha value is -2.28. The van der Waals surface area contributed by atoms with Crippen molar-refractivity contribution in [3.05, 3.63) is 69.0 Å². The molecule has 0 aliphatic rings. The highest BCUT2D eigenvalue weighted by Gasteiger charge is 2.01. The van der Waals surface area contributed by atoms with Crippen molar-refractivity contribution in [1.29, 1.82) is 0 Å². The predicted octanol–water partition coefficient (Wildman–Crippen LogP) is 5.06. The minimum absolute atomic E-state index is 0.397. The van der Waals surface area contributed by atoms with Gasteiger partial charge in [-0.15, -0.1) is 11.3 Å². The third-order valence-electron chi connectivity index (χ3n) is 3.14. The summed E-state index contributed by atoms with van der Waals surface area (Å²) in [5.74, 6) is 1.20. The smallest absolute Gasteiger partial charge is 0.205 e. The zero-order valence-electron chi connectivity index (χ0n) is 12.9. The highest BCUT2D eigenvalue weighted by molar-refractivity contribution is 7.14. The Morgan fingerprint density at radius 2 is 2.08 bits per heavy atom. The highest BCUT2D eigenvalue weighted by atomic mass is 35.5. The second-order valence-electron chi connectivity index (χ2n) is 5.06. The van der Waals surface area contributed by atoms with Crippen LogP contribution in [0.25, 0.3) is 0 Å². The van der Waals surface area contributed by atoms with Gasteiger partial charge >= 0.3 is 0 Å². The van der Waals surface area contributed by atoms with Crippen molar-refractivity contribution in [2.45, 2.75) is 6.61 Å². The molecule has 0 aliphatic heterocycles. The minimum atomic E-state index is 0.397. The van der Waals surface area contributed by atoms with E-state index in [0.717, 1.165) is 16.9 Å². The van der Waals surface area contributed by atoms with Gasteiger partial charge in [-0.05, 0) is 35.4 Å². The quantitative estimate of drug-likeness (QED) is 0.454. The maximum absolute atomic E-state index is 6.01. The van der Waals surface area contributed by atoms with Gasteiger partial charge in [0.1, 0.15) is 18.2 Å². The number of halogens is 2. The maximum atomic E-state index is 6.01. The molecule has 0 unspecified atom stereocenters. The molecule has 0 atom stereocenters. The molecule has 0 spiro atoms. The molecule has 3 rings (SSSR count). The fourth-order valence-corrected chi connectivity index (χ4v) is 2.85. The zero-order valence-corrected chi connectivity index (χ0v) is 15.3. The van der Waals surface area contributed by atoms with Gasteiger partial charge in [-0.1, -0.05) is 41.4 Å². The van der Waals surface area contributed by atoms with E-state index in [1.165, 1.54) is 11.3 Å². The van der Waals surface area contributed by atoms with Gasteiger partial charge in [0, 0.05) is 5.38 Å². The third-order valence-corrected chi connectivity index (χ3v) is 4.65. The lowest BCUT2D eigenvalue weighted by Crippen LogP contribution is -1.96. The number of nitrogens with zero attached hydrogens (tertiary/aromatic N) is 2. The molecule has 0 amide bonds. The second kappa shape index (κ2) is 8.20. The molecular formula is C17H14Cl2N4OS. The summed E-state index contributed by atoms with van der Waals surface area (Å²) in [5.41, 5.74) is 10.2. The van der Waals surface area contributed by atoms with E-state index in [0.29, 0.717) is 27.6 Å². The van der Waals surface area contributed by atoms with Crippen LogP contribution in [0.2, 0.25) is 10.0 Å². The Kier molecular flexibility index (Phi) is 5.75. The van der Waals surface area contributed by atoms with Crippen LogP contribution in [0.3, 0.4) is 0 Å². The number of nitrogen functional groups attached to an aromatic ring is 1. The summed E-state index contributed by atoms with van der Waals surface area (Å²) in [7, 11) is 0. The molecule has 0 radical (unpaired) electrons. The molecular weight excluding hydrogens is 379 g/mol. The molecule has 0 aliphatic carbocycles. The van der Waals surface area contributed by atoms with Crippen molar-refractivity contribution in [2.24, 2.45) is 5.10 Å². The first-order chi connectivity index (χ1) is 12.1. The van der Waals surface area contributed by atoms with Gasteiger partial charge in [0.15, 0.2) is 0 Å². The van der Waals surface area contributed by atoms with Crippen LogP contribution in [0.4, 0.5) is 10.9 Å². The molecule has 0 bridgehead atoms. The van der Waals surface area contributed by atoms with Gasteiger partial charge in [0.05, 0.1) is 16.3 Å². The van der Waals surface area contributed by atoms with Gasteiger partial charge < -0.3 is 10.5 Å². The lowest BCUT2D eigenvalue weighted by molar-refractivity contribution is 0.306. The molecule has 128 valence electrons. The summed E-state index contributed by atoms with van der Waals surface area (Å²) < 4.78 is 5.78. The van der Waals surface area contributed by atoms with Crippen LogP contribution >= 0.6 is 34.5 Å². The van der Waals surface area contributed by atoms with Crippen LogP contribution < -0.4 is 15.9 Å². The second-order valence-corrected chi connectivity index (χ2v) is 6.73. The lowest BCUT2D eigenvalue weighted by Gasteiger charge is -2.07. The van der Waals surface area contributed by atoms with Gasteiger partial charge in [-0.25, -0.2) is 4.98 Å². The van der Waals surface area contributed by atoms with Gasteiger partial charge in [0.2, 0.25) is 5.13 Å². The number of thiazole rings is 1. The van der Waals surface area contributed by atoms with Crippen LogP contribution in [0.15, 0.2) is 52.9 Å². The Morgan fingerprint density at radius 3 is 2.84 bits per heavy atom. The first-order valence-electron chi connectivity index (χ1n) is 7.27. The number of benzene rings is 2. The van der Waals surface area contributed by atoms with Crippen molar-refractivity contribution >= 4 is 51.7 Å². The first-order valence-corrected chi connectivity index (χ1v) is 8.90. The van der Waals surface area contributed by atoms with E-state index in [-0.39, 0.29) is 0 Å². The van der Waals surface area contributed by atoms with Crippen molar-refractivity contribution in [3.8, 4) is 5.75 Å². The normalized spacial score (nSPS) is 11.0. The minimum Gasteiger partial charge on any atom is -0.489 e. The van der Waals surface area contributed by atoms with Crippen LogP contribution in [0.5, 0.6) is 5.75 Å². The summed E-state index contributed by atoms with van der Waals surface area (Å²) in [5, 5.41) is 7.56. The molecule has 0 fully saturated rings. The number of hydrogen-bond donors (Lipinski definition) is 2.